The van der Waals surface area contributed by atoms with Crippen LogP contribution in [0.3, 0.4) is 0 Å². The molecule has 0 aromatic heterocycles. The van der Waals surface area contributed by atoms with Crippen LogP contribution >= 0.6 is 46.4 Å². The highest BCUT2D eigenvalue weighted by Gasteiger charge is 2.20. The van der Waals surface area contributed by atoms with E-state index < -0.39 is 15.6 Å². The first-order valence-corrected chi connectivity index (χ1v) is 5.35. The van der Waals surface area contributed by atoms with E-state index in [4.69, 9.17) is 46.4 Å². The summed E-state index contributed by atoms with van der Waals surface area (Å²) in [6.45, 7) is 0. The van der Waals surface area contributed by atoms with Crippen LogP contribution in [0.25, 0.3) is 0 Å². The number of hydrogen-bond acceptors (Lipinski definition) is 2. The Labute approximate surface area is 97.4 Å². The lowest BCUT2D eigenvalue weighted by Crippen LogP contribution is -2.18. The summed E-state index contributed by atoms with van der Waals surface area (Å²) in [5.41, 5.74) is 0. The van der Waals surface area contributed by atoms with Gasteiger partial charge in [-0.1, -0.05) is 0 Å². The third-order valence-electron chi connectivity index (χ3n) is 1.37. The summed E-state index contributed by atoms with van der Waals surface area (Å²) in [6.07, 6.45) is 0.484. The maximum Gasteiger partial charge on any atom is 0.307 e. The van der Waals surface area contributed by atoms with Crippen LogP contribution < -0.4 is 0 Å². The molecule has 0 saturated carbocycles. The molecular weight excluding hydrogens is 258 g/mol. The van der Waals surface area contributed by atoms with E-state index in [0.29, 0.717) is 6.42 Å². The second-order valence-electron chi connectivity index (χ2n) is 2.46. The number of rotatable bonds is 5. The van der Waals surface area contributed by atoms with Crippen molar-refractivity contribution in [2.75, 3.05) is 7.11 Å². The summed E-state index contributed by atoms with van der Waals surface area (Å²) in [7, 11) is 1.30. The Morgan fingerprint density at radius 2 is 1.85 bits per heavy atom. The van der Waals surface area contributed by atoms with Gasteiger partial charge in [-0.15, -0.1) is 46.4 Å². The van der Waals surface area contributed by atoms with E-state index in [-0.39, 0.29) is 12.4 Å². The van der Waals surface area contributed by atoms with E-state index in [1.165, 1.54) is 7.11 Å². The van der Waals surface area contributed by atoms with E-state index in [9.17, 15) is 4.79 Å². The number of ether oxygens (including phenoxy) is 1. The molecule has 78 valence electrons. The van der Waals surface area contributed by atoms with Gasteiger partial charge < -0.3 is 4.74 Å². The van der Waals surface area contributed by atoms with Crippen molar-refractivity contribution in [1.29, 1.82) is 0 Å². The third-order valence-corrected chi connectivity index (χ3v) is 3.00. The second kappa shape index (κ2) is 6.99. The summed E-state index contributed by atoms with van der Waals surface area (Å²) in [5.74, 6) is -0.371. The lowest BCUT2D eigenvalue weighted by atomic mass is 10.2. The van der Waals surface area contributed by atoms with E-state index in [2.05, 4.69) is 4.74 Å². The number of halogens is 4. The van der Waals surface area contributed by atoms with Crippen LogP contribution in [0.1, 0.15) is 12.8 Å². The van der Waals surface area contributed by atoms with Crippen molar-refractivity contribution >= 4 is 52.4 Å². The highest BCUT2D eigenvalue weighted by atomic mass is 35.5. The van der Waals surface area contributed by atoms with Crippen molar-refractivity contribution in [2.45, 2.75) is 28.4 Å². The second-order valence-corrected chi connectivity index (χ2v) is 4.81. The van der Waals surface area contributed by atoms with Gasteiger partial charge in [-0.2, -0.15) is 0 Å². The summed E-state index contributed by atoms with van der Waals surface area (Å²) >= 11 is 22.5. The molecule has 6 heteroatoms. The Bertz CT molecular complexity index is 163. The number of carbonyl (C=O) groups is 1. The molecule has 0 aromatic rings. The molecule has 0 amide bonds. The number of alkyl halides is 4. The van der Waals surface area contributed by atoms with E-state index >= 15 is 0 Å². The zero-order valence-electron chi connectivity index (χ0n) is 6.97. The minimum absolute atomic E-state index is 0.113. The SMILES string of the molecule is COC(=O)CC(Cl)CC(Cl)C(Cl)Cl. The maximum atomic E-state index is 10.8. The van der Waals surface area contributed by atoms with Crippen LogP contribution in [0, 0.1) is 0 Å². The van der Waals surface area contributed by atoms with Gasteiger partial charge in [0.05, 0.1) is 18.9 Å². The van der Waals surface area contributed by atoms with Crippen molar-refractivity contribution in [3.8, 4) is 0 Å². The maximum absolute atomic E-state index is 10.8. The average Bonchev–Trinajstić information content (AvgIpc) is 2.03. The van der Waals surface area contributed by atoms with Crippen molar-refractivity contribution < 1.29 is 9.53 Å². The Morgan fingerprint density at radius 3 is 2.23 bits per heavy atom. The smallest absolute Gasteiger partial charge is 0.307 e. The number of carbonyl (C=O) groups excluding carboxylic acids is 1. The predicted octanol–water partition coefficient (Wildman–Crippen LogP) is 2.96. The first-order chi connectivity index (χ1) is 5.97. The van der Waals surface area contributed by atoms with Gasteiger partial charge in [0.25, 0.3) is 0 Å². The van der Waals surface area contributed by atoms with Crippen LogP contribution in [0.5, 0.6) is 0 Å². The molecule has 0 bridgehead atoms. The van der Waals surface area contributed by atoms with Gasteiger partial charge in [-0.3, -0.25) is 4.79 Å². The summed E-state index contributed by atoms with van der Waals surface area (Å²) in [6, 6.07) is 0. The lowest BCUT2D eigenvalue weighted by molar-refractivity contribution is -0.140. The van der Waals surface area contributed by atoms with E-state index in [0.717, 1.165) is 0 Å². The standard InChI is InChI=1S/C7H10Cl4O2/c1-13-6(12)3-4(8)2-5(9)7(10)11/h4-5,7H,2-3H2,1H3. The molecule has 0 heterocycles. The fourth-order valence-electron chi connectivity index (χ4n) is 0.695. The molecule has 2 nitrogen and oxygen atoms in total. The van der Waals surface area contributed by atoms with Crippen molar-refractivity contribution in [3.05, 3.63) is 0 Å². The molecule has 0 radical (unpaired) electrons. The minimum Gasteiger partial charge on any atom is -0.469 e. The normalized spacial score (nSPS) is 15.5. The number of hydrogen-bond donors (Lipinski definition) is 0. The molecule has 2 unspecified atom stereocenters. The van der Waals surface area contributed by atoms with Crippen LogP contribution in [-0.2, 0) is 9.53 Å². The molecular formula is C7H10Cl4O2. The number of methoxy groups -OCH3 is 1. The average molecular weight is 268 g/mol. The first-order valence-electron chi connectivity index (χ1n) is 3.60. The topological polar surface area (TPSA) is 26.3 Å². The molecule has 0 N–H and O–H groups in total. The Hall–Kier alpha value is 0.630. The minimum atomic E-state index is -0.680. The summed E-state index contributed by atoms with van der Waals surface area (Å²) < 4.78 is 4.43. The van der Waals surface area contributed by atoms with Crippen LogP contribution in [0.4, 0.5) is 0 Å². The van der Waals surface area contributed by atoms with Crippen LogP contribution in [0.2, 0.25) is 0 Å². The van der Waals surface area contributed by atoms with Crippen LogP contribution in [0.15, 0.2) is 0 Å². The van der Waals surface area contributed by atoms with Gasteiger partial charge in [-0.05, 0) is 6.42 Å². The molecule has 0 aliphatic rings. The van der Waals surface area contributed by atoms with Crippen molar-refractivity contribution in [3.63, 3.8) is 0 Å². The van der Waals surface area contributed by atoms with Gasteiger partial charge in [-0.25, -0.2) is 0 Å². The zero-order chi connectivity index (χ0) is 10.4. The molecule has 0 aliphatic carbocycles. The summed E-state index contributed by atoms with van der Waals surface area (Å²) in [4.78, 5) is 10.1. The van der Waals surface area contributed by atoms with E-state index in [1.54, 1.807) is 0 Å². The predicted molar refractivity (Wildman–Crippen MR) is 56.0 cm³/mol. The molecule has 0 saturated heterocycles. The van der Waals surface area contributed by atoms with Gasteiger partial charge in [0.15, 0.2) is 0 Å². The fraction of sp³-hybridized carbons (Fsp3) is 0.857. The van der Waals surface area contributed by atoms with Gasteiger partial charge >= 0.3 is 5.97 Å². The quantitative estimate of drug-likeness (QED) is 0.566. The Balaban J connectivity index is 3.73. The zero-order valence-corrected chi connectivity index (χ0v) is 10.00. The Morgan fingerprint density at radius 1 is 1.31 bits per heavy atom. The van der Waals surface area contributed by atoms with Gasteiger partial charge in [0.2, 0.25) is 0 Å². The summed E-state index contributed by atoms with van der Waals surface area (Å²) in [5, 5.41) is -0.842. The molecule has 0 rings (SSSR count). The molecule has 0 fully saturated rings. The fourth-order valence-corrected chi connectivity index (χ4v) is 1.52. The number of esters is 1. The molecule has 0 spiro atoms. The van der Waals surface area contributed by atoms with Crippen molar-refractivity contribution in [1.82, 2.24) is 0 Å². The molecule has 13 heavy (non-hydrogen) atoms. The van der Waals surface area contributed by atoms with E-state index in [1.807, 2.05) is 0 Å². The molecule has 0 aromatic carbocycles. The molecule has 2 atom stereocenters. The lowest BCUT2D eigenvalue weighted by Gasteiger charge is -2.13. The first kappa shape index (κ1) is 13.6. The van der Waals surface area contributed by atoms with Crippen LogP contribution in [-0.4, -0.2) is 28.7 Å². The Kier molecular flexibility index (Phi) is 7.33. The highest BCUT2D eigenvalue weighted by Crippen LogP contribution is 2.22. The third kappa shape index (κ3) is 6.67. The van der Waals surface area contributed by atoms with Gasteiger partial charge in [0, 0.05) is 5.38 Å². The monoisotopic (exact) mass is 266 g/mol. The van der Waals surface area contributed by atoms with Gasteiger partial charge in [0.1, 0.15) is 4.84 Å². The largest absolute Gasteiger partial charge is 0.469 e. The highest BCUT2D eigenvalue weighted by molar-refractivity contribution is 6.48. The van der Waals surface area contributed by atoms with Crippen molar-refractivity contribution in [2.24, 2.45) is 0 Å². The molecule has 0 aliphatic heterocycles.